The lowest BCUT2D eigenvalue weighted by atomic mass is 10.2. The Morgan fingerprint density at radius 1 is 1.44 bits per heavy atom. The van der Waals surface area contributed by atoms with Crippen LogP contribution in [0.1, 0.15) is 25.8 Å². The van der Waals surface area contributed by atoms with E-state index in [0.717, 1.165) is 10.7 Å². The second kappa shape index (κ2) is 7.40. The Kier molecular flexibility index (Phi) is 5.69. The summed E-state index contributed by atoms with van der Waals surface area (Å²) in [6.07, 6.45) is 0.759. The van der Waals surface area contributed by atoms with Crippen molar-refractivity contribution in [2.75, 3.05) is 25.5 Å². The van der Waals surface area contributed by atoms with Crippen LogP contribution < -0.4 is 15.4 Å². The molecule has 2 rings (SSSR count). The Labute approximate surface area is 147 Å². The van der Waals surface area contributed by atoms with E-state index in [1.165, 1.54) is 13.1 Å². The van der Waals surface area contributed by atoms with Gasteiger partial charge in [0.05, 0.1) is 17.1 Å². The van der Waals surface area contributed by atoms with Crippen LogP contribution in [0, 0.1) is 6.92 Å². The minimum absolute atomic E-state index is 0.0221. The molecule has 1 atom stereocenters. The third-order valence-electron chi connectivity index (χ3n) is 3.98. The predicted octanol–water partition coefficient (Wildman–Crippen LogP) is 0.861. The van der Waals surface area contributed by atoms with Gasteiger partial charge in [-0.1, -0.05) is 6.92 Å². The highest BCUT2D eigenvalue weighted by Crippen LogP contribution is 2.33. The van der Waals surface area contributed by atoms with Gasteiger partial charge in [-0.3, -0.25) is 9.59 Å². The number of fused-ring (bicyclic) bond motifs is 1. The van der Waals surface area contributed by atoms with Gasteiger partial charge in [-0.2, -0.15) is 4.31 Å². The average molecular weight is 369 g/mol. The molecule has 1 aliphatic heterocycles. The lowest BCUT2D eigenvalue weighted by Gasteiger charge is -2.23. The number of amides is 2. The zero-order valence-corrected chi connectivity index (χ0v) is 15.6. The smallest absolute Gasteiger partial charge is 0.262 e. The first-order valence-electron chi connectivity index (χ1n) is 7.98. The average Bonchev–Trinajstić information content (AvgIpc) is 2.53. The van der Waals surface area contributed by atoms with Gasteiger partial charge >= 0.3 is 0 Å². The zero-order valence-electron chi connectivity index (χ0n) is 14.8. The van der Waals surface area contributed by atoms with Gasteiger partial charge in [0, 0.05) is 19.2 Å². The van der Waals surface area contributed by atoms with Gasteiger partial charge in [0.15, 0.2) is 6.61 Å². The fraction of sp³-hybridized carbons (Fsp3) is 0.500. The molecule has 0 spiro atoms. The van der Waals surface area contributed by atoms with E-state index in [2.05, 4.69) is 10.6 Å². The normalized spacial score (nSPS) is 15.2. The molecule has 8 nitrogen and oxygen atoms in total. The minimum atomic E-state index is -3.87. The lowest BCUT2D eigenvalue weighted by Crippen LogP contribution is -2.41. The number of likely N-dealkylation sites (N-methyl/N-ethyl adjacent to an activating group) is 1. The van der Waals surface area contributed by atoms with Crippen molar-refractivity contribution in [3.63, 3.8) is 0 Å². The number of carbonyl (C=O) groups is 2. The molecule has 0 bridgehead atoms. The van der Waals surface area contributed by atoms with E-state index in [4.69, 9.17) is 4.74 Å². The van der Waals surface area contributed by atoms with Crippen LogP contribution in [0.15, 0.2) is 17.0 Å². The van der Waals surface area contributed by atoms with Crippen molar-refractivity contribution in [3.05, 3.63) is 17.7 Å². The molecular weight excluding hydrogens is 346 g/mol. The summed E-state index contributed by atoms with van der Waals surface area (Å²) in [5, 5.41) is 5.37. The van der Waals surface area contributed by atoms with Crippen LogP contribution in [-0.4, -0.2) is 50.8 Å². The first-order chi connectivity index (χ1) is 11.6. The predicted molar refractivity (Wildman–Crippen MR) is 93.0 cm³/mol. The molecule has 0 fully saturated rings. The zero-order chi connectivity index (χ0) is 18.8. The fourth-order valence-electron chi connectivity index (χ4n) is 2.37. The van der Waals surface area contributed by atoms with Crippen LogP contribution in [0.5, 0.6) is 5.75 Å². The van der Waals surface area contributed by atoms with Crippen molar-refractivity contribution < 1.29 is 22.7 Å². The van der Waals surface area contributed by atoms with Gasteiger partial charge in [-0.25, -0.2) is 8.42 Å². The highest BCUT2D eigenvalue weighted by Gasteiger charge is 2.28. The van der Waals surface area contributed by atoms with Crippen LogP contribution in [0.25, 0.3) is 0 Å². The summed E-state index contributed by atoms with van der Waals surface area (Å²) in [4.78, 5) is 23.4. The number of nitrogens with one attached hydrogen (secondary N) is 2. The van der Waals surface area contributed by atoms with E-state index in [0.29, 0.717) is 17.0 Å². The molecule has 1 aromatic rings. The number of carbonyl (C=O) groups excluding carboxylic acids is 2. The molecule has 0 saturated heterocycles. The Morgan fingerprint density at radius 3 is 2.76 bits per heavy atom. The maximum Gasteiger partial charge on any atom is 0.262 e. The van der Waals surface area contributed by atoms with E-state index in [1.807, 2.05) is 13.8 Å². The second-order valence-electron chi connectivity index (χ2n) is 6.09. The van der Waals surface area contributed by atoms with Crippen molar-refractivity contribution in [1.29, 1.82) is 0 Å². The number of benzene rings is 1. The third-order valence-corrected chi connectivity index (χ3v) is 5.93. The first kappa shape index (κ1) is 19.2. The topological polar surface area (TPSA) is 105 Å². The third kappa shape index (κ3) is 4.29. The number of ether oxygens (including phenoxy) is 1. The number of anilines is 1. The Hall–Kier alpha value is -2.13. The van der Waals surface area contributed by atoms with Crippen LogP contribution in [0.4, 0.5) is 5.69 Å². The molecule has 1 unspecified atom stereocenters. The molecule has 0 aromatic heterocycles. The SMILES string of the molecule is CCC(C)NC(=O)CN(C)S(=O)(=O)c1cc2c(cc1C)NC(=O)CO2. The highest BCUT2D eigenvalue weighted by molar-refractivity contribution is 7.89. The molecule has 9 heteroatoms. The maximum absolute atomic E-state index is 12.8. The number of nitrogens with zero attached hydrogens (tertiary/aromatic N) is 1. The summed E-state index contributed by atoms with van der Waals surface area (Å²) in [5.74, 6) is -0.359. The van der Waals surface area contributed by atoms with E-state index in [-0.39, 0.29) is 35.9 Å². The van der Waals surface area contributed by atoms with Gasteiger partial charge in [-0.15, -0.1) is 0 Å². The standard InChI is InChI=1S/C16H23N3O5S/c1-5-11(3)17-15(20)8-19(4)25(22,23)14-7-13-12(6-10(14)2)18-16(21)9-24-13/h6-7,11H,5,8-9H2,1-4H3,(H,17,20)(H,18,21). The lowest BCUT2D eigenvalue weighted by molar-refractivity contribution is -0.121. The first-order valence-corrected chi connectivity index (χ1v) is 9.42. The number of rotatable bonds is 6. The molecule has 2 N–H and O–H groups in total. The number of hydrogen-bond acceptors (Lipinski definition) is 5. The summed E-state index contributed by atoms with van der Waals surface area (Å²) < 4.78 is 31.9. The van der Waals surface area contributed by atoms with Gasteiger partial charge in [-0.05, 0) is 31.9 Å². The molecule has 0 aliphatic carbocycles. The monoisotopic (exact) mass is 369 g/mol. The number of aryl methyl sites for hydroxylation is 1. The molecule has 1 aromatic carbocycles. The van der Waals surface area contributed by atoms with Gasteiger partial charge in [0.25, 0.3) is 5.91 Å². The summed E-state index contributed by atoms with van der Waals surface area (Å²) in [5.41, 5.74) is 0.892. The van der Waals surface area contributed by atoms with Crippen LogP contribution in [0.2, 0.25) is 0 Å². The van der Waals surface area contributed by atoms with Gasteiger partial charge < -0.3 is 15.4 Å². The van der Waals surface area contributed by atoms with Gasteiger partial charge in [0.1, 0.15) is 5.75 Å². The van der Waals surface area contributed by atoms with Crippen LogP contribution >= 0.6 is 0 Å². The summed E-state index contributed by atoms with van der Waals surface area (Å²) >= 11 is 0. The number of hydrogen-bond donors (Lipinski definition) is 2. The quantitative estimate of drug-likeness (QED) is 0.774. The molecule has 2 amide bonds. The summed E-state index contributed by atoms with van der Waals surface area (Å²) in [7, 11) is -2.52. The van der Waals surface area contributed by atoms with Gasteiger partial charge in [0.2, 0.25) is 15.9 Å². The molecule has 0 radical (unpaired) electrons. The second-order valence-corrected chi connectivity index (χ2v) is 8.10. The molecule has 1 heterocycles. The van der Waals surface area contributed by atoms with E-state index in [9.17, 15) is 18.0 Å². The van der Waals surface area contributed by atoms with Crippen molar-refractivity contribution in [2.45, 2.75) is 38.1 Å². The van der Waals surface area contributed by atoms with Crippen molar-refractivity contribution >= 4 is 27.5 Å². The Balaban J connectivity index is 2.24. The van der Waals surface area contributed by atoms with Crippen LogP contribution in [0.3, 0.4) is 0 Å². The number of sulfonamides is 1. The molecule has 1 aliphatic rings. The highest BCUT2D eigenvalue weighted by atomic mass is 32.2. The fourth-order valence-corrected chi connectivity index (χ4v) is 3.72. The molecular formula is C16H23N3O5S. The minimum Gasteiger partial charge on any atom is -0.482 e. The molecule has 138 valence electrons. The Morgan fingerprint density at radius 2 is 2.12 bits per heavy atom. The molecule has 25 heavy (non-hydrogen) atoms. The van der Waals surface area contributed by atoms with Crippen molar-refractivity contribution in [3.8, 4) is 5.75 Å². The largest absolute Gasteiger partial charge is 0.482 e. The summed E-state index contributed by atoms with van der Waals surface area (Å²) in [6, 6.07) is 2.90. The van der Waals surface area contributed by atoms with E-state index >= 15 is 0 Å². The maximum atomic E-state index is 12.8. The van der Waals surface area contributed by atoms with Crippen molar-refractivity contribution in [1.82, 2.24) is 9.62 Å². The van der Waals surface area contributed by atoms with E-state index in [1.54, 1.807) is 13.0 Å². The Bertz CT molecular complexity index is 791. The molecule has 0 saturated carbocycles. The summed E-state index contributed by atoms with van der Waals surface area (Å²) in [6.45, 7) is 4.97. The van der Waals surface area contributed by atoms with Crippen LogP contribution in [-0.2, 0) is 19.6 Å². The van der Waals surface area contributed by atoms with Crippen molar-refractivity contribution in [2.24, 2.45) is 0 Å². The van der Waals surface area contributed by atoms with E-state index < -0.39 is 10.0 Å².